The van der Waals surface area contributed by atoms with Crippen molar-refractivity contribution in [2.75, 3.05) is 11.9 Å². The number of nitrogens with zero attached hydrogens (tertiary/aromatic N) is 2. The Morgan fingerprint density at radius 2 is 1.31 bits per heavy atom. The smallest absolute Gasteiger partial charge is 0.110 e. The largest absolute Gasteiger partial charge is 0.334 e. The molecule has 4 N–H and O–H groups in total. The fourth-order valence-corrected chi connectivity index (χ4v) is 8.67. The average molecular weight is 774 g/mol. The lowest BCUT2D eigenvalue weighted by Gasteiger charge is -2.48. The molecule has 2 unspecified atom stereocenters. The molecular weight excluding hydrogens is 719 g/mol. The van der Waals surface area contributed by atoms with Crippen molar-refractivity contribution >= 4 is 16.9 Å². The monoisotopic (exact) mass is 773 g/mol. The van der Waals surface area contributed by atoms with Crippen LogP contribution in [0.2, 0.25) is 0 Å². The lowest BCUT2D eigenvalue weighted by molar-refractivity contribution is 0.305. The van der Waals surface area contributed by atoms with E-state index in [4.69, 9.17) is 0 Å². The Bertz CT molecular complexity index is 2450. The van der Waals surface area contributed by atoms with Crippen LogP contribution in [-0.4, -0.2) is 11.9 Å². The summed E-state index contributed by atoms with van der Waals surface area (Å²) in [5, 5.41) is 3.96. The predicted molar refractivity (Wildman–Crippen MR) is 249 cm³/mol. The van der Waals surface area contributed by atoms with Gasteiger partial charge in [0.15, 0.2) is 0 Å². The van der Waals surface area contributed by atoms with E-state index in [9.17, 15) is 0 Å². The molecule has 9 rings (SSSR count). The number of anilines is 2. The highest BCUT2D eigenvalue weighted by Crippen LogP contribution is 2.65. The molecule has 2 aliphatic heterocycles. The van der Waals surface area contributed by atoms with E-state index in [0.717, 1.165) is 41.1 Å². The van der Waals surface area contributed by atoms with Gasteiger partial charge in [-0.25, -0.2) is 0 Å². The molecule has 0 saturated carbocycles. The van der Waals surface area contributed by atoms with E-state index in [2.05, 4.69) is 228 Å². The van der Waals surface area contributed by atoms with Gasteiger partial charge >= 0.3 is 0 Å². The molecule has 1 spiro atoms. The third-order valence-corrected chi connectivity index (χ3v) is 11.1. The normalized spacial score (nSPS) is 21.0. The molecule has 5 heteroatoms. The SMILES string of the molecule is C=C1/C=C\C=C/N(C(NCc2ccccc2)c2ccccc2)/C=C2\C(=C/C1=C)N(c1ccccc1)c1ccccc1C21C2=CCCC=C2c2ccccc21.CC.CNN. The zero-order valence-electron chi connectivity index (χ0n) is 34.5. The first-order valence-electron chi connectivity index (χ1n) is 20.7. The standard InChI is InChI=1S/C51H43N3.C2H6.CH6N2/c1-37-20-18-19-33-53(50(40-23-8-4-9-24-40)52-35-39-21-6-3-7-22-39)36-47-49(34-38(37)2)54(41-25-10-5-11-26-41)48-32-17-16-31-46(48)51(47)44-29-14-12-27-42(44)43-28-13-15-30-45(43)51;1-2;1-3-2/h3-12,14,16-34,36,50,52H,1-2,13,15,35H2;1-2H3;3H,2H2,1H3/b20-18-,33-19-,47-36+,49-34+;;. The van der Waals surface area contributed by atoms with E-state index in [1.807, 2.05) is 13.8 Å². The summed E-state index contributed by atoms with van der Waals surface area (Å²) in [5.74, 6) is 4.60. The highest BCUT2D eigenvalue weighted by molar-refractivity contribution is 5.99. The maximum absolute atomic E-state index is 4.62. The lowest BCUT2D eigenvalue weighted by atomic mass is 9.62. The first-order chi connectivity index (χ1) is 29.1. The molecule has 0 bridgehead atoms. The van der Waals surface area contributed by atoms with Gasteiger partial charge in [0, 0.05) is 30.2 Å². The molecule has 5 aromatic rings. The van der Waals surface area contributed by atoms with Gasteiger partial charge in [0.05, 0.1) is 16.8 Å². The van der Waals surface area contributed by atoms with E-state index in [0.29, 0.717) is 6.54 Å². The van der Waals surface area contributed by atoms with Crippen LogP contribution in [-0.2, 0) is 12.0 Å². The first-order valence-corrected chi connectivity index (χ1v) is 20.7. The molecule has 0 saturated heterocycles. The van der Waals surface area contributed by atoms with E-state index >= 15 is 0 Å². The summed E-state index contributed by atoms with van der Waals surface area (Å²) in [7, 11) is 1.65. The number of nitrogens with one attached hydrogen (secondary N) is 2. The molecule has 0 amide bonds. The summed E-state index contributed by atoms with van der Waals surface area (Å²) in [4.78, 5) is 4.80. The molecule has 5 aromatic carbocycles. The Balaban J connectivity index is 0.00000101. The van der Waals surface area contributed by atoms with Crippen LogP contribution in [0.5, 0.6) is 0 Å². The van der Waals surface area contributed by atoms with Crippen LogP contribution >= 0.6 is 0 Å². The zero-order valence-corrected chi connectivity index (χ0v) is 34.5. The average Bonchev–Trinajstić information content (AvgIpc) is 3.57. The second-order valence-electron chi connectivity index (χ2n) is 14.5. The van der Waals surface area contributed by atoms with Gasteiger partial charge in [-0.15, -0.1) is 0 Å². The molecule has 2 heterocycles. The van der Waals surface area contributed by atoms with Crippen molar-refractivity contribution < 1.29 is 0 Å². The number of allylic oxidation sites excluding steroid dienone is 11. The molecule has 0 radical (unpaired) electrons. The van der Waals surface area contributed by atoms with Gasteiger partial charge in [-0.05, 0) is 100 Å². The Labute approximate surface area is 351 Å². The van der Waals surface area contributed by atoms with Crippen LogP contribution in [0, 0.1) is 0 Å². The van der Waals surface area contributed by atoms with Crippen molar-refractivity contribution in [1.82, 2.24) is 15.6 Å². The number of benzene rings is 5. The van der Waals surface area contributed by atoms with Gasteiger partial charge in [-0.2, -0.15) is 0 Å². The van der Waals surface area contributed by atoms with Crippen LogP contribution in [0.25, 0.3) is 5.57 Å². The molecule has 4 aliphatic rings. The van der Waals surface area contributed by atoms with Gasteiger partial charge in [-0.3, -0.25) is 16.6 Å². The Morgan fingerprint density at radius 3 is 2.03 bits per heavy atom. The number of rotatable bonds is 6. The minimum atomic E-state index is -0.605. The summed E-state index contributed by atoms with van der Waals surface area (Å²) in [5.41, 5.74) is 16.8. The maximum atomic E-state index is 4.62. The number of hydrazine groups is 1. The van der Waals surface area contributed by atoms with Crippen molar-refractivity contribution in [3.8, 4) is 0 Å². The molecule has 2 aliphatic carbocycles. The van der Waals surface area contributed by atoms with Gasteiger partial charge in [0.2, 0.25) is 0 Å². The van der Waals surface area contributed by atoms with Crippen molar-refractivity contribution in [3.63, 3.8) is 0 Å². The number of fused-ring (bicyclic) bond motifs is 9. The van der Waals surface area contributed by atoms with E-state index in [-0.39, 0.29) is 6.17 Å². The predicted octanol–water partition coefficient (Wildman–Crippen LogP) is 12.1. The van der Waals surface area contributed by atoms with Crippen LogP contribution in [0.4, 0.5) is 11.4 Å². The number of nitrogens with two attached hydrogens (primary N) is 1. The molecular formula is C54H55N5. The zero-order chi connectivity index (χ0) is 41.2. The van der Waals surface area contributed by atoms with E-state index in [1.165, 1.54) is 44.5 Å². The maximum Gasteiger partial charge on any atom is 0.110 e. The third-order valence-electron chi connectivity index (χ3n) is 11.1. The topological polar surface area (TPSA) is 56.6 Å². The van der Waals surface area contributed by atoms with Crippen LogP contribution in [0.15, 0.2) is 230 Å². The first kappa shape index (κ1) is 40.7. The minimum Gasteiger partial charge on any atom is -0.334 e. The summed E-state index contributed by atoms with van der Waals surface area (Å²) >= 11 is 0. The summed E-state index contributed by atoms with van der Waals surface area (Å²) < 4.78 is 0. The van der Waals surface area contributed by atoms with Crippen LogP contribution in [0.3, 0.4) is 0 Å². The number of para-hydroxylation sites is 2. The summed E-state index contributed by atoms with van der Waals surface area (Å²) in [6.45, 7) is 13.8. The fourth-order valence-electron chi connectivity index (χ4n) is 8.67. The van der Waals surface area contributed by atoms with Crippen molar-refractivity contribution in [1.29, 1.82) is 0 Å². The fraction of sp³-hybridized carbons (Fsp3) is 0.148. The summed E-state index contributed by atoms with van der Waals surface area (Å²) in [6, 6.07) is 50.2. The van der Waals surface area contributed by atoms with E-state index in [1.54, 1.807) is 7.05 Å². The van der Waals surface area contributed by atoms with Crippen molar-refractivity contribution in [3.05, 3.63) is 257 Å². The van der Waals surface area contributed by atoms with Crippen LogP contribution < -0.4 is 21.5 Å². The van der Waals surface area contributed by atoms with Gasteiger partial charge in [0.25, 0.3) is 0 Å². The Kier molecular flexibility index (Phi) is 13.0. The molecule has 5 nitrogen and oxygen atoms in total. The third kappa shape index (κ3) is 7.89. The van der Waals surface area contributed by atoms with Gasteiger partial charge < -0.3 is 9.80 Å². The second kappa shape index (κ2) is 18.8. The molecule has 59 heavy (non-hydrogen) atoms. The minimum absolute atomic E-state index is 0.191. The number of hydrogen-bond acceptors (Lipinski definition) is 5. The van der Waals surface area contributed by atoms with Crippen molar-refractivity contribution in [2.45, 2.75) is 44.8 Å². The Hall–Kier alpha value is -6.50. The molecule has 0 aromatic heterocycles. The summed E-state index contributed by atoms with van der Waals surface area (Å²) in [6.07, 6.45) is 19.9. The van der Waals surface area contributed by atoms with E-state index < -0.39 is 5.41 Å². The highest BCUT2D eigenvalue weighted by Gasteiger charge is 2.55. The molecule has 0 fully saturated rings. The van der Waals surface area contributed by atoms with Crippen molar-refractivity contribution in [2.24, 2.45) is 5.84 Å². The molecule has 2 atom stereocenters. The second-order valence-corrected chi connectivity index (χ2v) is 14.5. The van der Waals surface area contributed by atoms with Gasteiger partial charge in [0.1, 0.15) is 6.17 Å². The Morgan fingerprint density at radius 1 is 0.695 bits per heavy atom. The van der Waals surface area contributed by atoms with Crippen LogP contribution in [0.1, 0.15) is 60.7 Å². The van der Waals surface area contributed by atoms with Gasteiger partial charge in [-0.1, -0.05) is 173 Å². The highest BCUT2D eigenvalue weighted by atomic mass is 15.3. The number of hydrogen-bond donors (Lipinski definition) is 3. The quantitative estimate of drug-likeness (QED) is 0.119. The molecule has 296 valence electrons. The lowest BCUT2D eigenvalue weighted by Crippen LogP contribution is -2.42.